The number of nitrogens with zero attached hydrogens (tertiary/aromatic N) is 1. The predicted octanol–water partition coefficient (Wildman–Crippen LogP) is 2.10. The Kier molecular flexibility index (Phi) is 5.39. The van der Waals surface area contributed by atoms with E-state index in [1.807, 2.05) is 54.6 Å². The highest BCUT2D eigenvalue weighted by atomic mass is 32.2. The fraction of sp³-hybridized carbons (Fsp3) is 0.333. The fourth-order valence-electron chi connectivity index (χ4n) is 2.99. The van der Waals surface area contributed by atoms with Crippen molar-refractivity contribution in [1.82, 2.24) is 9.79 Å². The van der Waals surface area contributed by atoms with Crippen molar-refractivity contribution in [3.63, 3.8) is 0 Å². The maximum Gasteiger partial charge on any atom is 0.219 e. The Morgan fingerprint density at radius 2 is 1.96 bits per heavy atom. The van der Waals surface area contributed by atoms with Gasteiger partial charge in [-0.25, -0.2) is 13.1 Å². The molecule has 0 saturated carbocycles. The van der Waals surface area contributed by atoms with Gasteiger partial charge in [0.05, 0.1) is 19.8 Å². The molecule has 0 radical (unpaired) electrons. The SMILES string of the molecule is COc1cccc([C@@H]2[C@@H](S(=O)(=O)NCc3ccccc3)CON2C)c1. The van der Waals surface area contributed by atoms with Gasteiger partial charge in [0.1, 0.15) is 11.0 Å². The van der Waals surface area contributed by atoms with E-state index in [-0.39, 0.29) is 13.2 Å². The standard InChI is InChI=1S/C18H22N2O4S/c1-20-18(15-9-6-10-16(11-15)23-2)17(13-24-20)25(21,22)19-12-14-7-4-3-5-8-14/h3-11,17-19H,12-13H2,1-2H3/t17-,18+/m0/s1. The second kappa shape index (κ2) is 7.53. The molecule has 0 aliphatic carbocycles. The Labute approximate surface area is 148 Å². The number of hydroxylamine groups is 2. The Morgan fingerprint density at radius 3 is 2.68 bits per heavy atom. The molecule has 1 heterocycles. The normalized spacial score (nSPS) is 21.4. The lowest BCUT2D eigenvalue weighted by Gasteiger charge is -2.23. The molecule has 134 valence electrons. The van der Waals surface area contributed by atoms with Gasteiger partial charge in [-0.2, -0.15) is 5.06 Å². The van der Waals surface area contributed by atoms with E-state index in [0.29, 0.717) is 5.75 Å². The molecule has 3 rings (SSSR count). The molecule has 6 nitrogen and oxygen atoms in total. The molecule has 0 bridgehead atoms. The third-order valence-corrected chi connectivity index (χ3v) is 6.08. The molecule has 0 unspecified atom stereocenters. The zero-order valence-corrected chi connectivity index (χ0v) is 15.1. The van der Waals surface area contributed by atoms with Crippen LogP contribution < -0.4 is 9.46 Å². The van der Waals surface area contributed by atoms with Crippen LogP contribution in [0.25, 0.3) is 0 Å². The van der Waals surface area contributed by atoms with Crippen LogP contribution in [0.2, 0.25) is 0 Å². The zero-order chi connectivity index (χ0) is 17.9. The summed E-state index contributed by atoms with van der Waals surface area (Å²) >= 11 is 0. The van der Waals surface area contributed by atoms with Gasteiger partial charge in [-0.05, 0) is 23.3 Å². The minimum atomic E-state index is -3.57. The highest BCUT2D eigenvalue weighted by Gasteiger charge is 2.43. The van der Waals surface area contributed by atoms with E-state index >= 15 is 0 Å². The Hall–Kier alpha value is -1.93. The number of nitrogens with one attached hydrogen (secondary N) is 1. The summed E-state index contributed by atoms with van der Waals surface area (Å²) in [5.41, 5.74) is 1.76. The zero-order valence-electron chi connectivity index (χ0n) is 14.3. The molecule has 1 aliphatic rings. The van der Waals surface area contributed by atoms with Gasteiger partial charge in [0.2, 0.25) is 10.0 Å². The van der Waals surface area contributed by atoms with Crippen molar-refractivity contribution in [2.45, 2.75) is 17.8 Å². The van der Waals surface area contributed by atoms with Crippen LogP contribution in [0.15, 0.2) is 54.6 Å². The molecule has 0 spiro atoms. The first-order chi connectivity index (χ1) is 12.0. The molecule has 1 aliphatic heterocycles. The summed E-state index contributed by atoms with van der Waals surface area (Å²) in [6, 6.07) is 16.5. The van der Waals surface area contributed by atoms with Crippen molar-refractivity contribution >= 4 is 10.0 Å². The molecule has 0 aromatic heterocycles. The van der Waals surface area contributed by atoms with Crippen LogP contribution in [-0.4, -0.2) is 39.5 Å². The van der Waals surface area contributed by atoms with Crippen molar-refractivity contribution < 1.29 is 18.0 Å². The summed E-state index contributed by atoms with van der Waals surface area (Å²) in [5, 5.41) is 0.898. The summed E-state index contributed by atoms with van der Waals surface area (Å²) in [6.07, 6.45) is 0. The number of sulfonamides is 1. The number of methoxy groups -OCH3 is 1. The highest BCUT2D eigenvalue weighted by molar-refractivity contribution is 7.90. The van der Waals surface area contributed by atoms with Gasteiger partial charge in [0.25, 0.3) is 0 Å². The Morgan fingerprint density at radius 1 is 1.20 bits per heavy atom. The van der Waals surface area contributed by atoms with E-state index in [0.717, 1.165) is 11.1 Å². The van der Waals surface area contributed by atoms with E-state index in [1.165, 1.54) is 0 Å². The Balaban J connectivity index is 1.81. The quantitative estimate of drug-likeness (QED) is 0.852. The molecule has 2 aromatic carbocycles. The molecule has 7 heteroatoms. The third-order valence-electron chi connectivity index (χ3n) is 4.34. The first kappa shape index (κ1) is 17.9. The topological polar surface area (TPSA) is 67.9 Å². The first-order valence-electron chi connectivity index (χ1n) is 8.03. The maximum atomic E-state index is 12.8. The highest BCUT2D eigenvalue weighted by Crippen LogP contribution is 2.34. The second-order valence-electron chi connectivity index (χ2n) is 5.95. The van der Waals surface area contributed by atoms with Crippen LogP contribution in [0.1, 0.15) is 17.2 Å². The van der Waals surface area contributed by atoms with Crippen LogP contribution in [-0.2, 0) is 21.4 Å². The summed E-state index contributed by atoms with van der Waals surface area (Å²) in [6.45, 7) is 0.372. The maximum absolute atomic E-state index is 12.8. The van der Waals surface area contributed by atoms with Crippen LogP contribution in [0.4, 0.5) is 0 Å². The van der Waals surface area contributed by atoms with Crippen LogP contribution in [0, 0.1) is 0 Å². The number of rotatable bonds is 6. The molecule has 1 N–H and O–H groups in total. The van der Waals surface area contributed by atoms with Gasteiger partial charge in [0, 0.05) is 13.6 Å². The van der Waals surface area contributed by atoms with Crippen molar-refractivity contribution in [1.29, 1.82) is 0 Å². The van der Waals surface area contributed by atoms with Crippen molar-refractivity contribution in [3.8, 4) is 5.75 Å². The minimum absolute atomic E-state index is 0.114. The van der Waals surface area contributed by atoms with Gasteiger partial charge in [-0.3, -0.25) is 4.84 Å². The first-order valence-corrected chi connectivity index (χ1v) is 9.58. The monoisotopic (exact) mass is 362 g/mol. The number of hydrogen-bond acceptors (Lipinski definition) is 5. The van der Waals surface area contributed by atoms with Crippen LogP contribution >= 0.6 is 0 Å². The van der Waals surface area contributed by atoms with E-state index in [4.69, 9.17) is 9.57 Å². The lowest BCUT2D eigenvalue weighted by atomic mass is 10.0. The van der Waals surface area contributed by atoms with Gasteiger partial charge >= 0.3 is 0 Å². The minimum Gasteiger partial charge on any atom is -0.497 e. The second-order valence-corrected chi connectivity index (χ2v) is 7.94. The van der Waals surface area contributed by atoms with E-state index < -0.39 is 21.3 Å². The van der Waals surface area contributed by atoms with E-state index in [1.54, 1.807) is 19.2 Å². The van der Waals surface area contributed by atoms with Crippen LogP contribution in [0.5, 0.6) is 5.75 Å². The molecule has 1 fully saturated rings. The van der Waals surface area contributed by atoms with Crippen molar-refractivity contribution in [2.24, 2.45) is 0 Å². The van der Waals surface area contributed by atoms with Gasteiger partial charge in [-0.1, -0.05) is 42.5 Å². The lowest BCUT2D eigenvalue weighted by Crippen LogP contribution is -2.39. The summed E-state index contributed by atoms with van der Waals surface area (Å²) in [4.78, 5) is 5.52. The van der Waals surface area contributed by atoms with Gasteiger partial charge in [0.15, 0.2) is 0 Å². The lowest BCUT2D eigenvalue weighted by molar-refractivity contribution is -0.110. The Bertz CT molecular complexity index is 811. The average Bonchev–Trinajstić information content (AvgIpc) is 3.03. The number of hydrogen-bond donors (Lipinski definition) is 1. The number of benzene rings is 2. The van der Waals surface area contributed by atoms with Crippen molar-refractivity contribution in [3.05, 3.63) is 65.7 Å². The molecule has 0 amide bonds. The smallest absolute Gasteiger partial charge is 0.219 e. The molecule has 1 saturated heterocycles. The molecular weight excluding hydrogens is 340 g/mol. The number of ether oxygens (including phenoxy) is 1. The molecular formula is C18H22N2O4S. The van der Waals surface area contributed by atoms with Crippen LogP contribution in [0.3, 0.4) is 0 Å². The fourth-order valence-corrected chi connectivity index (χ4v) is 4.48. The molecule has 2 aromatic rings. The third kappa shape index (κ3) is 4.01. The van der Waals surface area contributed by atoms with Gasteiger partial charge in [-0.15, -0.1) is 0 Å². The summed E-state index contributed by atoms with van der Waals surface area (Å²) in [7, 11) is -0.232. The predicted molar refractivity (Wildman–Crippen MR) is 95.4 cm³/mol. The van der Waals surface area contributed by atoms with Crippen molar-refractivity contribution in [2.75, 3.05) is 20.8 Å². The van der Waals surface area contributed by atoms with Gasteiger partial charge < -0.3 is 4.74 Å². The van der Waals surface area contributed by atoms with E-state index in [2.05, 4.69) is 4.72 Å². The summed E-state index contributed by atoms with van der Waals surface area (Å²) < 4.78 is 33.6. The summed E-state index contributed by atoms with van der Waals surface area (Å²) in [5.74, 6) is 0.686. The molecule has 2 atom stereocenters. The van der Waals surface area contributed by atoms with E-state index in [9.17, 15) is 8.42 Å². The molecule has 25 heavy (non-hydrogen) atoms. The largest absolute Gasteiger partial charge is 0.497 e. The average molecular weight is 362 g/mol.